The van der Waals surface area contributed by atoms with Gasteiger partial charge in [-0.2, -0.15) is 13.2 Å². The molecule has 0 aliphatic carbocycles. The largest absolute Gasteiger partial charge is 0.417 e. The van der Waals surface area contributed by atoms with E-state index >= 15 is 0 Å². The Morgan fingerprint density at radius 1 is 1.17 bits per heavy atom. The van der Waals surface area contributed by atoms with Gasteiger partial charge in [-0.3, -0.25) is 4.98 Å². The summed E-state index contributed by atoms with van der Waals surface area (Å²) in [7, 11) is -3.54. The van der Waals surface area contributed by atoms with Gasteiger partial charge in [-0.15, -0.1) is 0 Å². The molecule has 0 fully saturated rings. The second kappa shape index (κ2) is 5.59. The van der Waals surface area contributed by atoms with Crippen LogP contribution in [0.25, 0.3) is 17.0 Å². The topological polar surface area (TPSA) is 64.3 Å². The molecule has 0 spiro atoms. The van der Waals surface area contributed by atoms with E-state index in [4.69, 9.17) is 0 Å². The lowest BCUT2D eigenvalue weighted by molar-refractivity contribution is -0.137. The van der Waals surface area contributed by atoms with Crippen LogP contribution in [0.5, 0.6) is 0 Å². The molecule has 0 bridgehead atoms. The second-order valence-corrected chi connectivity index (χ2v) is 7.31. The number of pyridine rings is 2. The van der Waals surface area contributed by atoms with Crippen LogP contribution in [0, 0.1) is 0 Å². The van der Waals surface area contributed by atoms with Gasteiger partial charge in [0.1, 0.15) is 17.0 Å². The van der Waals surface area contributed by atoms with Gasteiger partial charge >= 0.3 is 6.18 Å². The van der Waals surface area contributed by atoms with E-state index in [9.17, 15) is 21.6 Å². The Hall–Kier alpha value is -2.42. The lowest BCUT2D eigenvalue weighted by Crippen LogP contribution is -2.06. The Bertz CT molecular complexity index is 1010. The summed E-state index contributed by atoms with van der Waals surface area (Å²) < 4.78 is 63.9. The highest BCUT2D eigenvalue weighted by Crippen LogP contribution is 2.30. The normalized spacial score (nSPS) is 12.7. The van der Waals surface area contributed by atoms with Crippen molar-refractivity contribution in [2.45, 2.75) is 18.0 Å². The maximum absolute atomic E-state index is 12.8. The molecule has 0 unspecified atom stereocenters. The summed E-state index contributed by atoms with van der Waals surface area (Å²) in [6.07, 6.45) is -0.820. The average Bonchev–Trinajstić information content (AvgIpc) is 2.97. The molecule has 0 aliphatic heterocycles. The molecule has 0 saturated carbocycles. The number of halogens is 3. The first-order chi connectivity index (χ1) is 11.2. The van der Waals surface area contributed by atoms with Gasteiger partial charge in [-0.25, -0.2) is 13.4 Å². The zero-order valence-corrected chi connectivity index (χ0v) is 13.3. The molecular formula is C15H12F3N3O2S. The van der Waals surface area contributed by atoms with Crippen molar-refractivity contribution in [3.05, 3.63) is 48.4 Å². The molecular weight excluding hydrogens is 343 g/mol. The molecule has 3 rings (SSSR count). The van der Waals surface area contributed by atoms with E-state index in [2.05, 4.69) is 9.97 Å². The molecule has 0 aromatic carbocycles. The molecule has 0 aliphatic rings. The molecule has 0 radical (unpaired) electrons. The third-order valence-corrected chi connectivity index (χ3v) is 5.27. The second-order valence-electron chi connectivity index (χ2n) is 5.06. The first-order valence-corrected chi connectivity index (χ1v) is 8.61. The number of alkyl halides is 3. The van der Waals surface area contributed by atoms with E-state index in [1.54, 1.807) is 0 Å². The lowest BCUT2D eigenvalue weighted by Gasteiger charge is -2.06. The molecule has 0 saturated heterocycles. The summed E-state index contributed by atoms with van der Waals surface area (Å²) in [5, 5.41) is 0. The van der Waals surface area contributed by atoms with Gasteiger partial charge in [-0.1, -0.05) is 6.92 Å². The molecule has 24 heavy (non-hydrogen) atoms. The van der Waals surface area contributed by atoms with Crippen LogP contribution >= 0.6 is 0 Å². The molecule has 9 heteroatoms. The Kier molecular flexibility index (Phi) is 3.83. The lowest BCUT2D eigenvalue weighted by atomic mass is 10.3. The SMILES string of the molecule is CCS(=O)(=O)c1cccnc1-c1cn2cc(C(F)(F)F)ccc2n1. The van der Waals surface area contributed by atoms with E-state index in [0.29, 0.717) is 0 Å². The molecule has 3 aromatic heterocycles. The third-order valence-electron chi connectivity index (χ3n) is 3.51. The van der Waals surface area contributed by atoms with E-state index in [1.807, 2.05) is 0 Å². The summed E-state index contributed by atoms with van der Waals surface area (Å²) in [6.45, 7) is 1.51. The summed E-state index contributed by atoms with van der Waals surface area (Å²) in [4.78, 5) is 8.24. The van der Waals surface area contributed by atoms with Crippen molar-refractivity contribution >= 4 is 15.5 Å². The average molecular weight is 355 g/mol. The van der Waals surface area contributed by atoms with Gasteiger partial charge in [0, 0.05) is 18.6 Å². The van der Waals surface area contributed by atoms with Crippen LogP contribution in [0.1, 0.15) is 12.5 Å². The minimum atomic E-state index is -4.47. The van der Waals surface area contributed by atoms with Crippen LogP contribution in [-0.4, -0.2) is 28.5 Å². The number of hydrogen-bond acceptors (Lipinski definition) is 4. The van der Waals surface area contributed by atoms with Crippen molar-refractivity contribution in [3.63, 3.8) is 0 Å². The van der Waals surface area contributed by atoms with Crippen molar-refractivity contribution in [1.29, 1.82) is 0 Å². The Morgan fingerprint density at radius 2 is 1.92 bits per heavy atom. The minimum absolute atomic E-state index is 0.00644. The quantitative estimate of drug-likeness (QED) is 0.724. The molecule has 0 N–H and O–H groups in total. The summed E-state index contributed by atoms with van der Waals surface area (Å²) in [5.41, 5.74) is -0.233. The standard InChI is InChI=1S/C15H12F3N3O2S/c1-2-24(22,23)12-4-3-7-19-14(12)11-9-21-8-10(15(16,17)18)5-6-13(21)20-11/h3-9H,2H2,1H3. The van der Waals surface area contributed by atoms with Crippen LogP contribution in [0.15, 0.2) is 47.8 Å². The number of aromatic nitrogens is 3. The summed E-state index contributed by atoms with van der Waals surface area (Å²) >= 11 is 0. The first-order valence-electron chi connectivity index (χ1n) is 6.96. The molecule has 3 heterocycles. The van der Waals surface area contributed by atoms with E-state index < -0.39 is 21.6 Å². The van der Waals surface area contributed by atoms with Crippen LogP contribution in [0.3, 0.4) is 0 Å². The first kappa shape index (κ1) is 16.4. The maximum Gasteiger partial charge on any atom is 0.417 e. The summed E-state index contributed by atoms with van der Waals surface area (Å²) in [6, 6.07) is 5.05. The highest BCUT2D eigenvalue weighted by Gasteiger charge is 2.31. The van der Waals surface area contributed by atoms with Crippen LogP contribution < -0.4 is 0 Å². The van der Waals surface area contributed by atoms with Crippen molar-refractivity contribution in [1.82, 2.24) is 14.4 Å². The number of hydrogen-bond donors (Lipinski definition) is 0. The molecule has 0 atom stereocenters. The van der Waals surface area contributed by atoms with E-state index in [1.165, 1.54) is 41.9 Å². The zero-order chi connectivity index (χ0) is 17.5. The monoisotopic (exact) mass is 355 g/mol. The molecule has 3 aromatic rings. The number of fused-ring (bicyclic) bond motifs is 1. The van der Waals surface area contributed by atoms with Gasteiger partial charge in [0.25, 0.3) is 0 Å². The zero-order valence-electron chi connectivity index (χ0n) is 12.4. The van der Waals surface area contributed by atoms with Gasteiger partial charge in [0.05, 0.1) is 16.2 Å². The Balaban J connectivity index is 2.18. The number of imidazole rings is 1. The van der Waals surface area contributed by atoms with Crippen molar-refractivity contribution in [3.8, 4) is 11.4 Å². The Morgan fingerprint density at radius 3 is 2.58 bits per heavy atom. The fraction of sp³-hybridized carbons (Fsp3) is 0.200. The smallest absolute Gasteiger partial charge is 0.306 e. The third kappa shape index (κ3) is 2.86. The van der Waals surface area contributed by atoms with Crippen molar-refractivity contribution < 1.29 is 21.6 Å². The fourth-order valence-electron chi connectivity index (χ4n) is 2.26. The molecule has 5 nitrogen and oxygen atoms in total. The van der Waals surface area contributed by atoms with Crippen LogP contribution in [0.4, 0.5) is 13.2 Å². The van der Waals surface area contributed by atoms with E-state index in [-0.39, 0.29) is 27.7 Å². The van der Waals surface area contributed by atoms with Gasteiger partial charge in [0.15, 0.2) is 9.84 Å². The van der Waals surface area contributed by atoms with Crippen molar-refractivity contribution in [2.75, 3.05) is 5.75 Å². The van der Waals surface area contributed by atoms with Crippen LogP contribution in [0.2, 0.25) is 0 Å². The Labute approximate surface area is 135 Å². The van der Waals surface area contributed by atoms with Crippen molar-refractivity contribution in [2.24, 2.45) is 0 Å². The van der Waals surface area contributed by atoms with Gasteiger partial charge < -0.3 is 4.40 Å². The van der Waals surface area contributed by atoms with Crippen LogP contribution in [-0.2, 0) is 16.0 Å². The maximum atomic E-state index is 12.8. The number of rotatable bonds is 3. The minimum Gasteiger partial charge on any atom is -0.306 e. The highest BCUT2D eigenvalue weighted by atomic mass is 32.2. The highest BCUT2D eigenvalue weighted by molar-refractivity contribution is 7.91. The fourth-order valence-corrected chi connectivity index (χ4v) is 3.31. The molecule has 0 amide bonds. The van der Waals surface area contributed by atoms with Gasteiger partial charge in [0.2, 0.25) is 0 Å². The van der Waals surface area contributed by atoms with Gasteiger partial charge in [-0.05, 0) is 24.3 Å². The number of nitrogens with zero attached hydrogens (tertiary/aromatic N) is 3. The molecule has 126 valence electrons. The van der Waals surface area contributed by atoms with E-state index in [0.717, 1.165) is 12.3 Å². The predicted octanol–water partition coefficient (Wildman–Crippen LogP) is 3.21. The number of sulfone groups is 1. The predicted molar refractivity (Wildman–Crippen MR) is 81.2 cm³/mol. The summed E-state index contributed by atoms with van der Waals surface area (Å²) in [5.74, 6) is -0.114.